The summed E-state index contributed by atoms with van der Waals surface area (Å²) in [4.78, 5) is 24.6. The molecule has 3 rings (SSSR count). The number of fused-ring (bicyclic) bond motifs is 3. The molecule has 0 spiro atoms. The highest BCUT2D eigenvalue weighted by Crippen LogP contribution is 2.33. The highest BCUT2D eigenvalue weighted by molar-refractivity contribution is 7.18. The molecule has 29 heavy (non-hydrogen) atoms. The number of aliphatic hydroxyl groups is 1. The molecule has 0 bridgehead atoms. The SMILES string of the molecule is C#CCOCC(O)CN(CCCOC)Cc1nc2sc3c(c2c(=O)[nH]1)CCCC3. The van der Waals surface area contributed by atoms with Crippen molar-refractivity contribution in [2.45, 2.75) is 44.8 Å². The molecule has 2 aromatic heterocycles. The maximum atomic E-state index is 12.8. The monoisotopic (exact) mass is 419 g/mol. The predicted molar refractivity (Wildman–Crippen MR) is 114 cm³/mol. The Hall–Kier alpha value is -1.76. The van der Waals surface area contributed by atoms with Gasteiger partial charge in [0.2, 0.25) is 0 Å². The molecule has 0 fully saturated rings. The molecule has 1 atom stereocenters. The minimum absolute atomic E-state index is 0.0563. The molecule has 2 aromatic rings. The lowest BCUT2D eigenvalue weighted by Gasteiger charge is -2.24. The van der Waals surface area contributed by atoms with E-state index < -0.39 is 6.10 Å². The van der Waals surface area contributed by atoms with E-state index in [1.54, 1.807) is 18.4 Å². The van der Waals surface area contributed by atoms with Gasteiger partial charge in [0.05, 0.1) is 24.6 Å². The Kier molecular flexibility index (Phi) is 8.21. The van der Waals surface area contributed by atoms with Crippen LogP contribution in [0.15, 0.2) is 4.79 Å². The van der Waals surface area contributed by atoms with Crippen LogP contribution in [0.2, 0.25) is 0 Å². The molecule has 8 heteroatoms. The third-order valence-electron chi connectivity index (χ3n) is 5.03. The Morgan fingerprint density at radius 2 is 2.24 bits per heavy atom. The number of hydrogen-bond donors (Lipinski definition) is 2. The minimum atomic E-state index is -0.671. The first-order valence-corrected chi connectivity index (χ1v) is 10.9. The van der Waals surface area contributed by atoms with E-state index in [1.807, 2.05) is 0 Å². The standard InChI is InChI=1S/C21H29N3O4S/c1-3-10-28-14-15(25)12-24(9-6-11-27-2)13-18-22-20(26)19-16-7-4-5-8-17(16)29-21(19)23-18/h1,15,25H,4-14H2,2H3,(H,22,23,26). The maximum Gasteiger partial charge on any atom is 0.259 e. The first-order chi connectivity index (χ1) is 14.1. The molecule has 2 N–H and O–H groups in total. The molecule has 0 amide bonds. The number of terminal acetylenes is 1. The van der Waals surface area contributed by atoms with E-state index in [0.717, 1.165) is 35.9 Å². The molecule has 1 aliphatic rings. The fraction of sp³-hybridized carbons (Fsp3) is 0.619. The van der Waals surface area contributed by atoms with Crippen molar-refractivity contribution in [2.75, 3.05) is 40.0 Å². The Morgan fingerprint density at radius 3 is 3.03 bits per heavy atom. The van der Waals surface area contributed by atoms with Gasteiger partial charge in [-0.25, -0.2) is 4.98 Å². The number of aromatic nitrogens is 2. The summed E-state index contributed by atoms with van der Waals surface area (Å²) in [6, 6.07) is 0. The van der Waals surface area contributed by atoms with Gasteiger partial charge in [-0.15, -0.1) is 17.8 Å². The lowest BCUT2D eigenvalue weighted by atomic mass is 9.97. The Balaban J connectivity index is 1.74. The van der Waals surface area contributed by atoms with Crippen molar-refractivity contribution >= 4 is 21.6 Å². The largest absolute Gasteiger partial charge is 0.389 e. The van der Waals surface area contributed by atoms with Crippen LogP contribution in [-0.2, 0) is 28.9 Å². The van der Waals surface area contributed by atoms with Crippen LogP contribution in [0.3, 0.4) is 0 Å². The molecular weight excluding hydrogens is 390 g/mol. The van der Waals surface area contributed by atoms with Crippen molar-refractivity contribution in [3.8, 4) is 12.3 Å². The number of aryl methyl sites for hydroxylation is 2. The molecule has 0 aliphatic heterocycles. The van der Waals surface area contributed by atoms with E-state index in [0.29, 0.717) is 32.1 Å². The quantitative estimate of drug-likeness (QED) is 0.426. The first-order valence-electron chi connectivity index (χ1n) is 10.1. The third-order valence-corrected chi connectivity index (χ3v) is 6.22. The van der Waals surface area contributed by atoms with Crippen molar-refractivity contribution in [1.82, 2.24) is 14.9 Å². The van der Waals surface area contributed by atoms with Gasteiger partial charge in [-0.1, -0.05) is 5.92 Å². The summed E-state index contributed by atoms with van der Waals surface area (Å²) in [6.45, 7) is 2.53. The van der Waals surface area contributed by atoms with Crippen LogP contribution < -0.4 is 5.56 Å². The van der Waals surface area contributed by atoms with Crippen molar-refractivity contribution in [3.63, 3.8) is 0 Å². The van der Waals surface area contributed by atoms with Crippen molar-refractivity contribution in [3.05, 3.63) is 26.6 Å². The zero-order valence-electron chi connectivity index (χ0n) is 16.9. The fourth-order valence-corrected chi connectivity index (χ4v) is 5.05. The number of nitrogens with one attached hydrogen (secondary N) is 1. The van der Waals surface area contributed by atoms with E-state index in [2.05, 4.69) is 15.8 Å². The van der Waals surface area contributed by atoms with Gasteiger partial charge in [0.1, 0.15) is 17.3 Å². The Labute approximate surface area is 175 Å². The van der Waals surface area contributed by atoms with Gasteiger partial charge < -0.3 is 19.6 Å². The van der Waals surface area contributed by atoms with Gasteiger partial charge in [-0.3, -0.25) is 9.69 Å². The number of methoxy groups -OCH3 is 1. The molecule has 0 aromatic carbocycles. The number of rotatable bonds is 11. The van der Waals surface area contributed by atoms with Crippen molar-refractivity contribution < 1.29 is 14.6 Å². The predicted octanol–water partition coefficient (Wildman–Crippen LogP) is 1.71. The van der Waals surface area contributed by atoms with Crippen LogP contribution in [0.5, 0.6) is 0 Å². The van der Waals surface area contributed by atoms with Gasteiger partial charge in [0.25, 0.3) is 5.56 Å². The van der Waals surface area contributed by atoms with Crippen LogP contribution in [-0.4, -0.2) is 66.1 Å². The second kappa shape index (κ2) is 10.9. The summed E-state index contributed by atoms with van der Waals surface area (Å²) in [5.74, 6) is 3.01. The molecule has 0 saturated heterocycles. The lowest BCUT2D eigenvalue weighted by Crippen LogP contribution is -2.36. The first kappa shape index (κ1) is 21.9. The maximum absolute atomic E-state index is 12.8. The summed E-state index contributed by atoms with van der Waals surface area (Å²) in [5.41, 5.74) is 1.13. The highest BCUT2D eigenvalue weighted by Gasteiger charge is 2.21. The van der Waals surface area contributed by atoms with Gasteiger partial charge in [0.15, 0.2) is 0 Å². The van der Waals surface area contributed by atoms with E-state index in [9.17, 15) is 9.90 Å². The van der Waals surface area contributed by atoms with Crippen LogP contribution in [0.1, 0.15) is 35.5 Å². The van der Waals surface area contributed by atoms with Gasteiger partial charge in [-0.05, 0) is 37.7 Å². The van der Waals surface area contributed by atoms with E-state index in [4.69, 9.17) is 20.9 Å². The Bertz CT molecular complexity index is 902. The zero-order chi connectivity index (χ0) is 20.6. The van der Waals surface area contributed by atoms with Crippen LogP contribution in [0.25, 0.3) is 10.2 Å². The summed E-state index contributed by atoms with van der Waals surface area (Å²) in [7, 11) is 1.67. The summed E-state index contributed by atoms with van der Waals surface area (Å²) >= 11 is 1.65. The highest BCUT2D eigenvalue weighted by atomic mass is 32.1. The van der Waals surface area contributed by atoms with Crippen LogP contribution in [0.4, 0.5) is 0 Å². The summed E-state index contributed by atoms with van der Waals surface area (Å²) in [6.07, 6.45) is 9.63. The van der Waals surface area contributed by atoms with E-state index >= 15 is 0 Å². The second-order valence-electron chi connectivity index (χ2n) is 7.36. The lowest BCUT2D eigenvalue weighted by molar-refractivity contribution is 0.0239. The molecule has 0 saturated carbocycles. The minimum Gasteiger partial charge on any atom is -0.389 e. The smallest absolute Gasteiger partial charge is 0.259 e. The number of H-pyrrole nitrogens is 1. The number of thiophene rings is 1. The van der Waals surface area contributed by atoms with Gasteiger partial charge in [0, 0.05) is 31.7 Å². The fourth-order valence-electron chi connectivity index (χ4n) is 3.77. The molecular formula is C21H29N3O4S. The van der Waals surface area contributed by atoms with Crippen LogP contribution in [0, 0.1) is 12.3 Å². The van der Waals surface area contributed by atoms with Gasteiger partial charge in [-0.2, -0.15) is 0 Å². The molecule has 2 heterocycles. The van der Waals surface area contributed by atoms with Crippen molar-refractivity contribution in [2.24, 2.45) is 0 Å². The normalized spacial score (nSPS) is 14.8. The molecule has 1 aliphatic carbocycles. The number of aliphatic hydroxyl groups excluding tert-OH is 1. The summed E-state index contributed by atoms with van der Waals surface area (Å²) < 4.78 is 10.4. The van der Waals surface area contributed by atoms with E-state index in [1.165, 1.54) is 16.9 Å². The average Bonchev–Trinajstić information content (AvgIpc) is 3.07. The number of hydrogen-bond acceptors (Lipinski definition) is 7. The van der Waals surface area contributed by atoms with Gasteiger partial charge >= 0.3 is 0 Å². The average molecular weight is 420 g/mol. The third kappa shape index (κ3) is 5.87. The Morgan fingerprint density at radius 1 is 1.41 bits per heavy atom. The number of nitrogens with zero attached hydrogens (tertiary/aromatic N) is 2. The zero-order valence-corrected chi connectivity index (χ0v) is 17.7. The van der Waals surface area contributed by atoms with Crippen LogP contribution >= 0.6 is 11.3 Å². The van der Waals surface area contributed by atoms with Crippen molar-refractivity contribution in [1.29, 1.82) is 0 Å². The second-order valence-corrected chi connectivity index (χ2v) is 8.44. The molecule has 158 valence electrons. The molecule has 1 unspecified atom stereocenters. The molecule has 0 radical (unpaired) electrons. The topological polar surface area (TPSA) is 87.7 Å². The van der Waals surface area contributed by atoms with E-state index in [-0.39, 0.29) is 18.8 Å². The number of aromatic amines is 1. The summed E-state index contributed by atoms with van der Waals surface area (Å²) in [5, 5.41) is 11.0. The number of ether oxygens (including phenoxy) is 2. The molecule has 7 nitrogen and oxygen atoms in total.